The van der Waals surface area contributed by atoms with E-state index in [4.69, 9.17) is 16.3 Å². The van der Waals surface area contributed by atoms with Crippen molar-refractivity contribution in [1.29, 1.82) is 0 Å². The number of rotatable bonds is 6. The number of carbonyl (C=O) groups is 1. The Kier molecular flexibility index (Phi) is 6.82. The van der Waals surface area contributed by atoms with Crippen LogP contribution in [0.25, 0.3) is 0 Å². The first-order valence-electron chi connectivity index (χ1n) is 9.59. The normalized spacial score (nSPS) is 15.8. The molecule has 0 aromatic heterocycles. The van der Waals surface area contributed by atoms with E-state index in [0.29, 0.717) is 38.3 Å². The van der Waals surface area contributed by atoms with E-state index in [0.717, 1.165) is 5.69 Å². The molecule has 29 heavy (non-hydrogen) atoms. The molecule has 0 aliphatic carbocycles. The van der Waals surface area contributed by atoms with E-state index in [2.05, 4.69) is 0 Å². The Hall–Kier alpha value is -2.09. The van der Waals surface area contributed by atoms with E-state index in [1.807, 2.05) is 37.3 Å². The summed E-state index contributed by atoms with van der Waals surface area (Å²) in [5.74, 6) is 0.273. The number of amides is 1. The molecular formula is C21H25ClN2O4S. The van der Waals surface area contributed by atoms with Gasteiger partial charge >= 0.3 is 0 Å². The van der Waals surface area contributed by atoms with Crippen LogP contribution in [0, 0.1) is 5.92 Å². The minimum Gasteiger partial charge on any atom is -0.492 e. The molecule has 0 N–H and O–H groups in total. The third kappa shape index (κ3) is 4.74. The van der Waals surface area contributed by atoms with E-state index < -0.39 is 10.0 Å². The standard InChI is InChI=1S/C21H25ClN2O4S/c1-3-28-20-10-9-18(15-19(20)22)29(26,27)24-13-11-16(12-14-24)21(25)23(2)17-7-5-4-6-8-17/h4-10,15-16H,3,11-14H2,1-2H3. The molecule has 1 aliphatic heterocycles. The van der Waals surface area contributed by atoms with Gasteiger partial charge in [0.2, 0.25) is 15.9 Å². The lowest BCUT2D eigenvalue weighted by Gasteiger charge is -2.32. The number of nitrogens with zero attached hydrogens (tertiary/aromatic N) is 2. The number of hydrogen-bond acceptors (Lipinski definition) is 4. The van der Waals surface area contributed by atoms with E-state index in [9.17, 15) is 13.2 Å². The fraction of sp³-hybridized carbons (Fsp3) is 0.381. The Morgan fingerprint density at radius 3 is 2.41 bits per heavy atom. The second-order valence-corrected chi connectivity index (χ2v) is 9.28. The van der Waals surface area contributed by atoms with Crippen LogP contribution in [-0.4, -0.2) is 45.4 Å². The van der Waals surface area contributed by atoms with Crippen molar-refractivity contribution in [2.24, 2.45) is 5.92 Å². The van der Waals surface area contributed by atoms with Gasteiger partial charge in [0.25, 0.3) is 0 Å². The Bertz CT molecular complexity index is 958. The number of piperidine rings is 1. The van der Waals surface area contributed by atoms with Gasteiger partial charge in [0.15, 0.2) is 0 Å². The van der Waals surface area contributed by atoms with Crippen LogP contribution >= 0.6 is 11.6 Å². The first-order chi connectivity index (χ1) is 13.8. The molecule has 1 fully saturated rings. The molecule has 0 unspecified atom stereocenters. The summed E-state index contributed by atoms with van der Waals surface area (Å²) in [6.45, 7) is 2.88. The summed E-state index contributed by atoms with van der Waals surface area (Å²) in [6, 6.07) is 13.9. The average Bonchev–Trinajstić information content (AvgIpc) is 2.75. The van der Waals surface area contributed by atoms with Gasteiger partial charge in [-0.25, -0.2) is 8.42 Å². The van der Waals surface area contributed by atoms with Crippen LogP contribution in [0.15, 0.2) is 53.4 Å². The smallest absolute Gasteiger partial charge is 0.243 e. The van der Waals surface area contributed by atoms with Crippen LogP contribution in [0.4, 0.5) is 5.69 Å². The second kappa shape index (κ2) is 9.15. The second-order valence-electron chi connectivity index (χ2n) is 6.94. The largest absolute Gasteiger partial charge is 0.492 e. The number of sulfonamides is 1. The molecule has 1 aliphatic rings. The fourth-order valence-electron chi connectivity index (χ4n) is 3.46. The summed E-state index contributed by atoms with van der Waals surface area (Å²) in [5.41, 5.74) is 0.830. The van der Waals surface area contributed by atoms with Gasteiger partial charge in [-0.1, -0.05) is 29.8 Å². The number of halogens is 1. The Balaban J connectivity index is 1.66. The van der Waals surface area contributed by atoms with Crippen molar-refractivity contribution in [2.45, 2.75) is 24.7 Å². The zero-order chi connectivity index (χ0) is 21.0. The monoisotopic (exact) mass is 436 g/mol. The number of anilines is 1. The zero-order valence-electron chi connectivity index (χ0n) is 16.5. The lowest BCUT2D eigenvalue weighted by atomic mass is 9.96. The number of ether oxygens (including phenoxy) is 1. The van der Waals surface area contributed by atoms with Crippen molar-refractivity contribution in [2.75, 3.05) is 31.6 Å². The molecule has 3 rings (SSSR count). The molecule has 0 radical (unpaired) electrons. The van der Waals surface area contributed by atoms with Gasteiger partial charge in [-0.15, -0.1) is 0 Å². The highest BCUT2D eigenvalue weighted by Crippen LogP contribution is 2.31. The Labute approximate surface area is 177 Å². The van der Waals surface area contributed by atoms with Crippen LogP contribution in [0.3, 0.4) is 0 Å². The first-order valence-corrected chi connectivity index (χ1v) is 11.4. The lowest BCUT2D eigenvalue weighted by Crippen LogP contribution is -2.43. The SMILES string of the molecule is CCOc1ccc(S(=O)(=O)N2CCC(C(=O)N(C)c3ccccc3)CC2)cc1Cl. The highest BCUT2D eigenvalue weighted by molar-refractivity contribution is 7.89. The molecule has 1 amide bonds. The molecule has 0 saturated carbocycles. The molecule has 0 bridgehead atoms. The van der Waals surface area contributed by atoms with Crippen molar-refractivity contribution >= 4 is 33.2 Å². The van der Waals surface area contributed by atoms with Crippen molar-refractivity contribution in [3.63, 3.8) is 0 Å². The number of carbonyl (C=O) groups excluding carboxylic acids is 1. The molecule has 0 spiro atoms. The van der Waals surface area contributed by atoms with Crippen molar-refractivity contribution < 1.29 is 17.9 Å². The van der Waals surface area contributed by atoms with Gasteiger partial charge in [0.05, 0.1) is 16.5 Å². The number of hydrogen-bond donors (Lipinski definition) is 0. The van der Waals surface area contributed by atoms with Gasteiger partial charge in [0.1, 0.15) is 5.75 Å². The minimum atomic E-state index is -3.67. The predicted octanol–water partition coefficient (Wildman–Crippen LogP) is 3.80. The summed E-state index contributed by atoms with van der Waals surface area (Å²) in [5, 5.41) is 0.266. The van der Waals surface area contributed by atoms with E-state index in [-0.39, 0.29) is 21.7 Å². The summed E-state index contributed by atoms with van der Waals surface area (Å²) >= 11 is 6.15. The molecule has 0 atom stereocenters. The number of benzene rings is 2. The van der Waals surface area contributed by atoms with Crippen LogP contribution in [0.5, 0.6) is 5.75 Å². The van der Waals surface area contributed by atoms with Crippen molar-refractivity contribution in [3.05, 3.63) is 53.6 Å². The topological polar surface area (TPSA) is 66.9 Å². The van der Waals surface area contributed by atoms with E-state index in [1.54, 1.807) is 18.0 Å². The third-order valence-corrected chi connectivity index (χ3v) is 7.31. The summed E-state index contributed by atoms with van der Waals surface area (Å²) < 4.78 is 32.7. The quantitative estimate of drug-likeness (QED) is 0.690. The predicted molar refractivity (Wildman–Crippen MR) is 114 cm³/mol. The first kappa shape index (κ1) is 21.6. The fourth-order valence-corrected chi connectivity index (χ4v) is 5.26. The zero-order valence-corrected chi connectivity index (χ0v) is 18.1. The van der Waals surface area contributed by atoms with Crippen LogP contribution in [0.1, 0.15) is 19.8 Å². The number of para-hydroxylation sites is 1. The molecule has 156 valence electrons. The van der Waals surface area contributed by atoms with Gasteiger partial charge in [-0.2, -0.15) is 4.31 Å². The average molecular weight is 437 g/mol. The molecule has 1 heterocycles. The maximum absolute atomic E-state index is 13.0. The lowest BCUT2D eigenvalue weighted by molar-refractivity contribution is -0.123. The van der Waals surface area contributed by atoms with Crippen molar-refractivity contribution in [1.82, 2.24) is 4.31 Å². The summed E-state index contributed by atoms with van der Waals surface area (Å²) in [7, 11) is -1.92. The molecule has 2 aromatic carbocycles. The summed E-state index contributed by atoms with van der Waals surface area (Å²) in [6.07, 6.45) is 0.972. The highest BCUT2D eigenvalue weighted by atomic mass is 35.5. The maximum atomic E-state index is 13.0. The van der Waals surface area contributed by atoms with Gasteiger partial charge in [-0.3, -0.25) is 4.79 Å². The third-order valence-electron chi connectivity index (χ3n) is 5.12. The minimum absolute atomic E-state index is 0.0114. The van der Waals surface area contributed by atoms with Crippen LogP contribution in [-0.2, 0) is 14.8 Å². The van der Waals surface area contributed by atoms with Crippen LogP contribution < -0.4 is 9.64 Å². The molecule has 2 aromatic rings. The molecular weight excluding hydrogens is 412 g/mol. The molecule has 6 nitrogen and oxygen atoms in total. The highest BCUT2D eigenvalue weighted by Gasteiger charge is 2.33. The Morgan fingerprint density at radius 2 is 1.83 bits per heavy atom. The van der Waals surface area contributed by atoms with Crippen LogP contribution in [0.2, 0.25) is 5.02 Å². The molecule has 1 saturated heterocycles. The maximum Gasteiger partial charge on any atom is 0.243 e. The van der Waals surface area contributed by atoms with Gasteiger partial charge < -0.3 is 9.64 Å². The Morgan fingerprint density at radius 1 is 1.17 bits per heavy atom. The van der Waals surface area contributed by atoms with Gasteiger partial charge in [0, 0.05) is 31.7 Å². The summed E-state index contributed by atoms with van der Waals surface area (Å²) in [4.78, 5) is 14.6. The van der Waals surface area contributed by atoms with Gasteiger partial charge in [-0.05, 0) is 50.1 Å². The molecule has 8 heteroatoms. The van der Waals surface area contributed by atoms with E-state index in [1.165, 1.54) is 16.4 Å². The van der Waals surface area contributed by atoms with E-state index >= 15 is 0 Å². The van der Waals surface area contributed by atoms with Crippen molar-refractivity contribution in [3.8, 4) is 5.75 Å².